The number of aryl methyl sites for hydroxylation is 6. The first-order valence-corrected chi connectivity index (χ1v) is 24.7. The zero-order valence-electron chi connectivity index (χ0n) is 42.3. The Morgan fingerprint density at radius 2 is 0.886 bits per heavy atom. The summed E-state index contributed by atoms with van der Waals surface area (Å²) in [4.78, 5) is 15.1. The van der Waals surface area contributed by atoms with Crippen molar-refractivity contribution in [2.24, 2.45) is 17.8 Å². The average Bonchev–Trinajstić information content (AvgIpc) is 4.23. The molecule has 0 aliphatic heterocycles. The first-order chi connectivity index (χ1) is 35.7. The molecular weight excluding hydrogens is 847 g/mol. The molecule has 3 heteroatoms. The van der Waals surface area contributed by atoms with Crippen molar-refractivity contribution in [1.29, 1.82) is 0 Å². The van der Waals surface area contributed by atoms with Crippen molar-refractivity contribution in [3.63, 3.8) is 0 Å². The summed E-state index contributed by atoms with van der Waals surface area (Å²) in [5.74, 6) is 1.74. The molecule has 1 fully saturated rings. The molecule has 0 saturated heterocycles. The van der Waals surface area contributed by atoms with Crippen LogP contribution >= 0.6 is 0 Å². The van der Waals surface area contributed by atoms with Gasteiger partial charge in [0.05, 0.1) is 22.5 Å². The molecule has 1 saturated carbocycles. The van der Waals surface area contributed by atoms with E-state index in [1.54, 1.807) is 12.3 Å². The highest BCUT2D eigenvalue weighted by atomic mass is 14.7. The lowest BCUT2D eigenvalue weighted by Crippen LogP contribution is -2.19. The van der Waals surface area contributed by atoms with Gasteiger partial charge in [0.25, 0.3) is 0 Å². The molecule has 4 bridgehead atoms. The highest BCUT2D eigenvalue weighted by Gasteiger charge is 2.49. The SMILES string of the molecule is [2H]C([2H])([2H])c1cc(-c2ccccc2)ncc1CCc1cc(CCc2cnc(-c3ccccc3)cc2C)cc(-c2ccccc2-c2cnc(C34C=CC5C(C=C3)C5C=C4)cc2-c2ccc(-c3ccccc3)cc2)c1. The summed E-state index contributed by atoms with van der Waals surface area (Å²) in [7, 11) is 0. The summed E-state index contributed by atoms with van der Waals surface area (Å²) in [6.45, 7) is -0.115. The van der Waals surface area contributed by atoms with Crippen LogP contribution in [0, 0.1) is 31.5 Å². The number of nitrogens with zero attached hydrogens (tertiary/aromatic N) is 3. The fraction of sp³-hybridized carbons (Fsp3) is 0.149. The molecule has 4 aliphatic carbocycles. The van der Waals surface area contributed by atoms with E-state index in [1.165, 1.54) is 27.8 Å². The number of pyridine rings is 3. The summed E-state index contributed by atoms with van der Waals surface area (Å²) >= 11 is 0. The molecule has 3 aromatic heterocycles. The van der Waals surface area contributed by atoms with Gasteiger partial charge in [-0.15, -0.1) is 0 Å². The molecule has 13 rings (SSSR count). The van der Waals surface area contributed by atoms with Gasteiger partial charge in [-0.05, 0) is 148 Å². The van der Waals surface area contributed by atoms with Crippen LogP contribution in [0.4, 0.5) is 0 Å². The minimum absolute atomic E-state index is 0.347. The van der Waals surface area contributed by atoms with Gasteiger partial charge in [-0.1, -0.05) is 194 Å². The van der Waals surface area contributed by atoms with E-state index >= 15 is 0 Å². The monoisotopic (exact) mass is 904 g/mol. The maximum atomic E-state index is 8.59. The van der Waals surface area contributed by atoms with E-state index in [-0.39, 0.29) is 0 Å². The predicted molar refractivity (Wildman–Crippen MR) is 289 cm³/mol. The highest BCUT2D eigenvalue weighted by molar-refractivity contribution is 5.92. The Kier molecular flexibility index (Phi) is 10.5. The van der Waals surface area contributed by atoms with E-state index in [0.29, 0.717) is 41.9 Å². The summed E-state index contributed by atoms with van der Waals surface area (Å²) in [5, 5.41) is 0. The van der Waals surface area contributed by atoms with Crippen molar-refractivity contribution in [3.8, 4) is 67.0 Å². The van der Waals surface area contributed by atoms with Gasteiger partial charge >= 0.3 is 0 Å². The molecule has 0 atom stereocenters. The van der Waals surface area contributed by atoms with Crippen molar-refractivity contribution in [3.05, 3.63) is 270 Å². The fourth-order valence-electron chi connectivity index (χ4n) is 10.8. The zero-order chi connectivity index (χ0) is 49.5. The minimum atomic E-state index is -2.29. The molecule has 0 radical (unpaired) electrons. The summed E-state index contributed by atoms with van der Waals surface area (Å²) in [6.07, 6.45) is 23.0. The van der Waals surface area contributed by atoms with Gasteiger partial charge in [-0.2, -0.15) is 0 Å². The zero-order valence-corrected chi connectivity index (χ0v) is 39.3. The van der Waals surface area contributed by atoms with Crippen molar-refractivity contribution in [2.75, 3.05) is 0 Å². The van der Waals surface area contributed by atoms with Crippen LogP contribution in [0.1, 0.15) is 43.2 Å². The van der Waals surface area contributed by atoms with Crippen LogP contribution in [0.2, 0.25) is 0 Å². The van der Waals surface area contributed by atoms with Crippen molar-refractivity contribution in [2.45, 2.75) is 44.9 Å². The molecule has 70 heavy (non-hydrogen) atoms. The number of aromatic nitrogens is 3. The Balaban J connectivity index is 0.945. The highest BCUT2D eigenvalue weighted by Crippen LogP contribution is 2.55. The van der Waals surface area contributed by atoms with Crippen LogP contribution in [0.25, 0.3) is 67.0 Å². The van der Waals surface area contributed by atoms with Gasteiger partial charge in [0.1, 0.15) is 0 Å². The van der Waals surface area contributed by atoms with E-state index in [4.69, 9.17) is 19.1 Å². The van der Waals surface area contributed by atoms with Gasteiger partial charge in [-0.25, -0.2) is 0 Å². The van der Waals surface area contributed by atoms with E-state index < -0.39 is 12.3 Å². The standard InChI is InChI=1S/C67H55N3/c1-45-36-64(52-16-8-4-9-17-52)68-42-54(45)24-22-47-38-48(23-25-55-43-69-65(37-46(55)2)53-18-10-5-11-19-53)40-56(39-47)57-20-12-13-21-58(57)63-44-70-66(67-33-30-59-60(31-34-67)61(59)32-35-67)41-62(63)51-28-26-50(27-29-51)49-14-6-3-7-15-49/h3-21,26-44,59-61H,22-25H2,1-2H3/i1D3. The molecular formula is C67H55N3. The number of rotatable bonds is 13. The van der Waals surface area contributed by atoms with E-state index in [1.807, 2.05) is 42.6 Å². The van der Waals surface area contributed by atoms with E-state index in [9.17, 15) is 0 Å². The lowest BCUT2D eigenvalue weighted by Gasteiger charge is -2.24. The maximum Gasteiger partial charge on any atom is 0.0704 e. The number of allylic oxidation sites excluding steroid dienone is 6. The van der Waals surface area contributed by atoms with Gasteiger partial charge in [0.2, 0.25) is 0 Å². The molecule has 0 spiro atoms. The second-order valence-electron chi connectivity index (χ2n) is 19.3. The predicted octanol–water partition coefficient (Wildman–Crippen LogP) is 15.9. The van der Waals surface area contributed by atoms with Crippen molar-refractivity contribution in [1.82, 2.24) is 15.0 Å². The van der Waals surface area contributed by atoms with E-state index in [2.05, 4.69) is 183 Å². The molecule has 0 N–H and O–H groups in total. The van der Waals surface area contributed by atoms with Crippen LogP contribution in [-0.4, -0.2) is 15.0 Å². The molecule has 0 amide bonds. The molecule has 3 heterocycles. The first kappa shape index (κ1) is 39.9. The largest absolute Gasteiger partial charge is 0.259 e. The normalized spacial score (nSPS) is 19.2. The summed E-state index contributed by atoms with van der Waals surface area (Å²) < 4.78 is 25.8. The Labute approximate surface area is 417 Å². The minimum Gasteiger partial charge on any atom is -0.259 e. The lowest BCUT2D eigenvalue weighted by atomic mass is 9.81. The number of hydrogen-bond donors (Lipinski definition) is 0. The summed E-state index contributed by atoms with van der Waals surface area (Å²) in [6, 6.07) is 61.6. The van der Waals surface area contributed by atoms with Crippen LogP contribution in [0.3, 0.4) is 0 Å². The lowest BCUT2D eigenvalue weighted by molar-refractivity contribution is 0.813. The smallest absolute Gasteiger partial charge is 0.0704 e. The fourth-order valence-corrected chi connectivity index (χ4v) is 10.8. The first-order valence-electron chi connectivity index (χ1n) is 26.2. The third kappa shape index (κ3) is 8.58. The maximum absolute atomic E-state index is 8.59. The molecule has 4 aliphatic rings. The average molecular weight is 905 g/mol. The van der Waals surface area contributed by atoms with Crippen LogP contribution in [0.15, 0.2) is 231 Å². The molecule has 9 aromatic rings. The number of hydrogen-bond acceptors (Lipinski definition) is 3. The third-order valence-electron chi connectivity index (χ3n) is 14.9. The molecule has 0 unspecified atom stereocenters. The Morgan fingerprint density at radius 1 is 0.400 bits per heavy atom. The third-order valence-corrected chi connectivity index (χ3v) is 14.9. The molecule has 3 nitrogen and oxygen atoms in total. The topological polar surface area (TPSA) is 38.7 Å². The van der Waals surface area contributed by atoms with Crippen molar-refractivity contribution >= 4 is 0 Å². The van der Waals surface area contributed by atoms with Gasteiger partial charge in [0.15, 0.2) is 0 Å². The quantitative estimate of drug-likeness (QED) is 0.108. The van der Waals surface area contributed by atoms with Gasteiger partial charge in [0, 0.05) is 39.4 Å². The number of benzene rings is 6. The molecule has 6 aromatic carbocycles. The van der Waals surface area contributed by atoms with Crippen LogP contribution in [-0.2, 0) is 31.1 Å². The van der Waals surface area contributed by atoms with Gasteiger partial charge < -0.3 is 0 Å². The Hall–Kier alpha value is -8.01. The van der Waals surface area contributed by atoms with Crippen LogP contribution < -0.4 is 0 Å². The van der Waals surface area contributed by atoms with Gasteiger partial charge in [-0.3, -0.25) is 15.0 Å². The Bertz CT molecular complexity index is 3530. The van der Waals surface area contributed by atoms with E-state index in [0.717, 1.165) is 79.9 Å². The Morgan fingerprint density at radius 3 is 1.46 bits per heavy atom. The summed E-state index contributed by atoms with van der Waals surface area (Å²) in [5.41, 5.74) is 19.1. The molecule has 338 valence electrons. The van der Waals surface area contributed by atoms with Crippen LogP contribution in [0.5, 0.6) is 0 Å². The second kappa shape index (κ2) is 18.5. The second-order valence-corrected chi connectivity index (χ2v) is 19.3. The van der Waals surface area contributed by atoms with Crippen molar-refractivity contribution < 1.29 is 4.11 Å².